The van der Waals surface area contributed by atoms with E-state index in [-0.39, 0.29) is 41.6 Å². The third kappa shape index (κ3) is 3.63. The van der Waals surface area contributed by atoms with Gasteiger partial charge in [0.2, 0.25) is 5.88 Å². The highest BCUT2D eigenvalue weighted by atomic mass is 19.1. The lowest BCUT2D eigenvalue weighted by Crippen LogP contribution is -2.37. The monoisotopic (exact) mass is 447 g/mol. The van der Waals surface area contributed by atoms with Crippen molar-refractivity contribution in [3.05, 3.63) is 99.3 Å². The highest BCUT2D eigenvalue weighted by Crippen LogP contribution is 2.34. The standard InChI is InChI=1S/C25H22FN3O4/c26-18-8-6-17(7-9-18)14-27-12-11-19-21(24(27)32)23(31)22-25(33)28(20(30)15-29(19)22)13-10-16-4-2-1-3-5-16/h1-9,15,30-31H,10-14H2. The third-order valence-corrected chi connectivity index (χ3v) is 6.12. The van der Waals surface area contributed by atoms with Crippen LogP contribution in [0.1, 0.15) is 27.2 Å². The van der Waals surface area contributed by atoms with Gasteiger partial charge in [0.15, 0.2) is 11.3 Å². The van der Waals surface area contributed by atoms with Gasteiger partial charge >= 0.3 is 0 Å². The molecular formula is C25H22FN3O4. The summed E-state index contributed by atoms with van der Waals surface area (Å²) >= 11 is 0. The molecule has 168 valence electrons. The number of amides is 1. The summed E-state index contributed by atoms with van der Waals surface area (Å²) in [6, 6.07) is 15.5. The highest BCUT2D eigenvalue weighted by molar-refractivity contribution is 6.02. The fourth-order valence-corrected chi connectivity index (χ4v) is 4.42. The van der Waals surface area contributed by atoms with Crippen LogP contribution in [0.25, 0.3) is 5.52 Å². The van der Waals surface area contributed by atoms with Crippen LogP contribution in [0.15, 0.2) is 65.6 Å². The summed E-state index contributed by atoms with van der Waals surface area (Å²) in [6.45, 7) is 0.856. The van der Waals surface area contributed by atoms with Crippen LogP contribution in [-0.4, -0.2) is 36.5 Å². The van der Waals surface area contributed by atoms with Crippen molar-refractivity contribution >= 4 is 11.4 Å². The normalized spacial score (nSPS) is 13.5. The first-order valence-electron chi connectivity index (χ1n) is 10.7. The maximum Gasteiger partial charge on any atom is 0.281 e. The van der Waals surface area contributed by atoms with Crippen molar-refractivity contribution in [2.24, 2.45) is 0 Å². The Bertz CT molecular complexity index is 1410. The van der Waals surface area contributed by atoms with Gasteiger partial charge in [0.05, 0.1) is 6.20 Å². The van der Waals surface area contributed by atoms with Gasteiger partial charge in [0, 0.05) is 31.7 Å². The van der Waals surface area contributed by atoms with Gasteiger partial charge in [-0.1, -0.05) is 42.5 Å². The minimum Gasteiger partial charge on any atom is -0.505 e. The number of halogens is 1. The van der Waals surface area contributed by atoms with Gasteiger partial charge in [-0.3, -0.25) is 14.2 Å². The maximum atomic E-state index is 13.2. The molecule has 0 saturated carbocycles. The zero-order valence-corrected chi connectivity index (χ0v) is 17.7. The number of hydrogen-bond acceptors (Lipinski definition) is 4. The molecule has 0 radical (unpaired) electrons. The maximum absolute atomic E-state index is 13.2. The molecule has 0 saturated heterocycles. The average molecular weight is 447 g/mol. The molecule has 1 aliphatic rings. The van der Waals surface area contributed by atoms with E-state index >= 15 is 0 Å². The zero-order chi connectivity index (χ0) is 23.1. The summed E-state index contributed by atoms with van der Waals surface area (Å²) in [5.41, 5.74) is 1.75. The van der Waals surface area contributed by atoms with Crippen LogP contribution in [0.4, 0.5) is 4.39 Å². The van der Waals surface area contributed by atoms with Gasteiger partial charge in [-0.2, -0.15) is 0 Å². The molecular weight excluding hydrogens is 425 g/mol. The molecule has 5 rings (SSSR count). The number of aromatic hydroxyl groups is 2. The van der Waals surface area contributed by atoms with E-state index in [0.29, 0.717) is 25.1 Å². The second kappa shape index (κ2) is 8.12. The predicted octanol–water partition coefficient (Wildman–Crippen LogP) is 3.09. The van der Waals surface area contributed by atoms with Crippen LogP contribution in [0, 0.1) is 5.82 Å². The van der Waals surface area contributed by atoms with Crippen molar-refractivity contribution in [2.75, 3.05) is 6.54 Å². The first-order chi connectivity index (χ1) is 15.9. The minimum absolute atomic E-state index is 0.0251. The first-order valence-corrected chi connectivity index (χ1v) is 10.7. The fraction of sp³-hybridized carbons (Fsp3) is 0.200. The average Bonchev–Trinajstić information content (AvgIpc) is 3.09. The van der Waals surface area contributed by atoms with Crippen molar-refractivity contribution < 1.29 is 19.4 Å². The first kappa shape index (κ1) is 20.8. The molecule has 2 aromatic carbocycles. The molecule has 7 nitrogen and oxygen atoms in total. The Labute approximate surface area is 188 Å². The van der Waals surface area contributed by atoms with Crippen LogP contribution in [0.3, 0.4) is 0 Å². The molecule has 4 aromatic rings. The number of carbonyl (C=O) groups is 1. The zero-order valence-electron chi connectivity index (χ0n) is 17.7. The van der Waals surface area contributed by atoms with Crippen molar-refractivity contribution in [2.45, 2.75) is 25.9 Å². The van der Waals surface area contributed by atoms with E-state index in [1.807, 2.05) is 30.3 Å². The Morgan fingerprint density at radius 2 is 1.67 bits per heavy atom. The number of rotatable bonds is 5. The Kier molecular flexibility index (Phi) is 5.12. The van der Waals surface area contributed by atoms with Gasteiger partial charge in [0.1, 0.15) is 11.4 Å². The molecule has 0 unspecified atom stereocenters. The van der Waals surface area contributed by atoms with Gasteiger partial charge in [-0.25, -0.2) is 4.39 Å². The van der Waals surface area contributed by atoms with E-state index in [9.17, 15) is 24.2 Å². The molecule has 0 bridgehead atoms. The number of hydrogen-bond donors (Lipinski definition) is 2. The summed E-state index contributed by atoms with van der Waals surface area (Å²) in [4.78, 5) is 27.9. The Balaban J connectivity index is 1.50. The van der Waals surface area contributed by atoms with E-state index < -0.39 is 11.5 Å². The smallest absolute Gasteiger partial charge is 0.281 e. The Morgan fingerprint density at radius 3 is 2.39 bits per heavy atom. The lowest BCUT2D eigenvalue weighted by molar-refractivity contribution is 0.0723. The largest absolute Gasteiger partial charge is 0.505 e. The van der Waals surface area contributed by atoms with Gasteiger partial charge < -0.3 is 19.5 Å². The van der Waals surface area contributed by atoms with Crippen LogP contribution < -0.4 is 5.56 Å². The van der Waals surface area contributed by atoms with Gasteiger partial charge in [-0.05, 0) is 29.7 Å². The van der Waals surface area contributed by atoms with E-state index in [2.05, 4.69) is 0 Å². The number of carbonyl (C=O) groups excluding carboxylic acids is 1. The summed E-state index contributed by atoms with van der Waals surface area (Å²) in [5, 5.41) is 21.4. The lowest BCUT2D eigenvalue weighted by atomic mass is 10.1. The highest BCUT2D eigenvalue weighted by Gasteiger charge is 2.33. The SMILES string of the molecule is O=C1c2c(O)c3c(=O)n(CCc4ccccc4)c(O)cn3c2CCN1Cc1ccc(F)cc1. The van der Waals surface area contributed by atoms with E-state index in [0.717, 1.165) is 11.1 Å². The van der Waals surface area contributed by atoms with Gasteiger partial charge in [-0.15, -0.1) is 0 Å². The molecule has 3 heterocycles. The third-order valence-electron chi connectivity index (χ3n) is 6.12. The summed E-state index contributed by atoms with van der Waals surface area (Å²) in [7, 11) is 0. The number of fused-ring (bicyclic) bond motifs is 3. The molecule has 0 aliphatic carbocycles. The molecule has 0 spiro atoms. The summed E-state index contributed by atoms with van der Waals surface area (Å²) in [5.74, 6) is -1.37. The van der Waals surface area contributed by atoms with E-state index in [1.165, 1.54) is 27.3 Å². The van der Waals surface area contributed by atoms with Crippen molar-refractivity contribution in [3.8, 4) is 11.6 Å². The number of nitrogens with zero attached hydrogens (tertiary/aromatic N) is 3. The van der Waals surface area contributed by atoms with Crippen LogP contribution >= 0.6 is 0 Å². The second-order valence-corrected chi connectivity index (χ2v) is 8.17. The van der Waals surface area contributed by atoms with Crippen molar-refractivity contribution in [1.82, 2.24) is 13.9 Å². The van der Waals surface area contributed by atoms with Crippen molar-refractivity contribution in [3.63, 3.8) is 0 Å². The number of aromatic nitrogens is 2. The quantitative estimate of drug-likeness (QED) is 0.492. The molecule has 1 aliphatic heterocycles. The van der Waals surface area contributed by atoms with Gasteiger partial charge in [0.25, 0.3) is 11.5 Å². The molecule has 1 amide bonds. The number of aryl methyl sites for hydroxylation is 1. The minimum atomic E-state index is -0.560. The molecule has 0 atom stereocenters. The van der Waals surface area contributed by atoms with Crippen LogP contribution in [0.5, 0.6) is 11.6 Å². The molecule has 0 fully saturated rings. The summed E-state index contributed by atoms with van der Waals surface area (Å²) < 4.78 is 15.8. The Hall–Kier alpha value is -4.07. The lowest BCUT2D eigenvalue weighted by Gasteiger charge is -2.27. The Morgan fingerprint density at radius 1 is 0.939 bits per heavy atom. The topological polar surface area (TPSA) is 87.2 Å². The van der Waals surface area contributed by atoms with Crippen LogP contribution in [0.2, 0.25) is 0 Å². The van der Waals surface area contributed by atoms with E-state index in [1.54, 1.807) is 17.0 Å². The molecule has 2 aromatic heterocycles. The molecule has 33 heavy (non-hydrogen) atoms. The number of benzene rings is 2. The molecule has 2 N–H and O–H groups in total. The summed E-state index contributed by atoms with van der Waals surface area (Å²) in [6.07, 6.45) is 2.30. The fourth-order valence-electron chi connectivity index (χ4n) is 4.42. The van der Waals surface area contributed by atoms with E-state index in [4.69, 9.17) is 0 Å². The molecule has 8 heteroatoms. The van der Waals surface area contributed by atoms with Crippen molar-refractivity contribution in [1.29, 1.82) is 0 Å². The second-order valence-electron chi connectivity index (χ2n) is 8.17. The predicted molar refractivity (Wildman–Crippen MR) is 120 cm³/mol. The van der Waals surface area contributed by atoms with Crippen LogP contribution in [-0.2, 0) is 25.9 Å².